The molecular weight excluding hydrogens is 242 g/mol. The monoisotopic (exact) mass is 275 g/mol. The summed E-state index contributed by atoms with van der Waals surface area (Å²) in [5.41, 5.74) is 1.87. The Morgan fingerprint density at radius 3 is 2.30 bits per heavy atom. The van der Waals surface area contributed by atoms with Crippen molar-refractivity contribution in [3.8, 4) is 0 Å². The highest BCUT2D eigenvalue weighted by Gasteiger charge is 2.23. The van der Waals surface area contributed by atoms with Crippen molar-refractivity contribution in [1.29, 1.82) is 0 Å². The molecule has 0 aromatic heterocycles. The third-order valence-electron chi connectivity index (χ3n) is 4.47. The number of aryl methyl sites for hydroxylation is 1. The van der Waals surface area contributed by atoms with Gasteiger partial charge in [0.05, 0.1) is 0 Å². The van der Waals surface area contributed by atoms with Crippen LogP contribution >= 0.6 is 0 Å². The lowest BCUT2D eigenvalue weighted by molar-refractivity contribution is 0.218. The fraction of sp³-hybridized carbons (Fsp3) is 0.684. The van der Waals surface area contributed by atoms with Crippen LogP contribution in [0.4, 0.5) is 0 Å². The van der Waals surface area contributed by atoms with Gasteiger partial charge in [-0.25, -0.2) is 0 Å². The molecule has 0 amide bonds. The Bertz CT molecular complexity index is 350. The van der Waals surface area contributed by atoms with Crippen molar-refractivity contribution in [2.24, 2.45) is 11.3 Å². The summed E-state index contributed by atoms with van der Waals surface area (Å²) >= 11 is 0. The molecular formula is C19H33N. The highest BCUT2D eigenvalue weighted by molar-refractivity contribution is 5.14. The van der Waals surface area contributed by atoms with Gasteiger partial charge in [-0.05, 0) is 49.1 Å². The summed E-state index contributed by atoms with van der Waals surface area (Å²) in [6, 6.07) is 11.5. The fourth-order valence-electron chi connectivity index (χ4n) is 2.57. The molecule has 0 aliphatic rings. The van der Waals surface area contributed by atoms with E-state index in [2.05, 4.69) is 70.3 Å². The van der Waals surface area contributed by atoms with Crippen molar-refractivity contribution in [1.82, 2.24) is 5.32 Å². The van der Waals surface area contributed by atoms with Gasteiger partial charge in [-0.2, -0.15) is 0 Å². The Hall–Kier alpha value is -0.820. The summed E-state index contributed by atoms with van der Waals surface area (Å²) < 4.78 is 0. The number of nitrogens with one attached hydrogen (secondary N) is 1. The lowest BCUT2D eigenvalue weighted by Crippen LogP contribution is -2.33. The lowest BCUT2D eigenvalue weighted by atomic mass is 9.78. The van der Waals surface area contributed by atoms with E-state index in [1.807, 2.05) is 0 Å². The number of hydrogen-bond acceptors (Lipinski definition) is 1. The maximum Gasteiger partial charge on any atom is 0.00697 e. The van der Waals surface area contributed by atoms with Crippen molar-refractivity contribution in [2.45, 2.75) is 66.3 Å². The molecule has 0 saturated heterocycles. The molecule has 2 unspecified atom stereocenters. The summed E-state index contributed by atoms with van der Waals surface area (Å²) in [6.07, 6.45) is 5.04. The largest absolute Gasteiger partial charge is 0.314 e. The number of benzene rings is 1. The molecule has 0 aliphatic carbocycles. The van der Waals surface area contributed by atoms with Gasteiger partial charge >= 0.3 is 0 Å². The van der Waals surface area contributed by atoms with Gasteiger partial charge in [0, 0.05) is 6.04 Å². The minimum absolute atomic E-state index is 0.410. The van der Waals surface area contributed by atoms with Gasteiger partial charge in [0.1, 0.15) is 0 Å². The van der Waals surface area contributed by atoms with E-state index in [-0.39, 0.29) is 0 Å². The van der Waals surface area contributed by atoms with Gasteiger partial charge in [0.2, 0.25) is 0 Å². The van der Waals surface area contributed by atoms with Gasteiger partial charge in [-0.3, -0.25) is 0 Å². The maximum atomic E-state index is 3.67. The van der Waals surface area contributed by atoms with Crippen molar-refractivity contribution in [3.63, 3.8) is 0 Å². The average molecular weight is 275 g/mol. The quantitative estimate of drug-likeness (QED) is 0.699. The van der Waals surface area contributed by atoms with Gasteiger partial charge < -0.3 is 5.32 Å². The fourth-order valence-corrected chi connectivity index (χ4v) is 2.57. The molecule has 114 valence electrons. The molecule has 1 nitrogen and oxygen atoms in total. The third kappa shape index (κ3) is 6.56. The smallest absolute Gasteiger partial charge is 0.00697 e. The van der Waals surface area contributed by atoms with E-state index < -0.39 is 0 Å². The number of hydrogen-bond donors (Lipinski definition) is 1. The second-order valence-corrected chi connectivity index (χ2v) is 7.14. The Morgan fingerprint density at radius 1 is 1.10 bits per heavy atom. The molecule has 1 aromatic rings. The van der Waals surface area contributed by atoms with E-state index in [0.717, 1.165) is 12.5 Å². The van der Waals surface area contributed by atoms with Crippen LogP contribution in [-0.2, 0) is 6.42 Å². The van der Waals surface area contributed by atoms with E-state index in [9.17, 15) is 0 Å². The Balaban J connectivity index is 2.39. The molecule has 1 heteroatoms. The van der Waals surface area contributed by atoms with Crippen molar-refractivity contribution >= 4 is 0 Å². The molecule has 1 rings (SSSR count). The van der Waals surface area contributed by atoms with Crippen LogP contribution in [0, 0.1) is 11.3 Å². The van der Waals surface area contributed by atoms with E-state index in [4.69, 9.17) is 0 Å². The van der Waals surface area contributed by atoms with Crippen molar-refractivity contribution < 1.29 is 0 Å². The molecule has 0 fully saturated rings. The molecule has 0 heterocycles. The SMILES string of the molecule is CCNC(CCCc1ccccc1)CC(C)C(C)(C)C. The molecule has 0 radical (unpaired) electrons. The van der Waals surface area contributed by atoms with Crippen LogP contribution in [-0.4, -0.2) is 12.6 Å². The first-order valence-corrected chi connectivity index (χ1v) is 8.20. The summed E-state index contributed by atoms with van der Waals surface area (Å²) in [5, 5.41) is 3.67. The van der Waals surface area contributed by atoms with Crippen LogP contribution in [0.2, 0.25) is 0 Å². The maximum absolute atomic E-state index is 3.67. The summed E-state index contributed by atoms with van der Waals surface area (Å²) in [4.78, 5) is 0. The standard InChI is InChI=1S/C19H33N/c1-6-20-18(15-16(2)19(3,4)5)14-10-13-17-11-8-7-9-12-17/h7-9,11-12,16,18,20H,6,10,13-15H2,1-5H3. The van der Waals surface area contributed by atoms with Gasteiger partial charge in [0.25, 0.3) is 0 Å². The topological polar surface area (TPSA) is 12.0 Å². The molecule has 2 atom stereocenters. The third-order valence-corrected chi connectivity index (χ3v) is 4.47. The van der Waals surface area contributed by atoms with Crippen molar-refractivity contribution in [3.05, 3.63) is 35.9 Å². The van der Waals surface area contributed by atoms with Crippen molar-refractivity contribution in [2.75, 3.05) is 6.54 Å². The summed E-state index contributed by atoms with van der Waals surface area (Å²) in [7, 11) is 0. The highest BCUT2D eigenvalue weighted by atomic mass is 14.9. The Labute approximate surface area is 126 Å². The van der Waals surface area contributed by atoms with E-state index in [1.165, 1.54) is 31.2 Å². The second-order valence-electron chi connectivity index (χ2n) is 7.14. The van der Waals surface area contributed by atoms with E-state index in [1.54, 1.807) is 0 Å². The minimum atomic E-state index is 0.410. The predicted octanol–water partition coefficient (Wildman–Crippen LogP) is 5.06. The van der Waals surface area contributed by atoms with E-state index >= 15 is 0 Å². The molecule has 1 aromatic carbocycles. The first kappa shape index (κ1) is 17.2. The first-order valence-electron chi connectivity index (χ1n) is 8.20. The number of rotatable bonds is 8. The summed E-state index contributed by atoms with van der Waals surface area (Å²) in [5.74, 6) is 0.753. The molecule has 0 bridgehead atoms. The van der Waals surface area contributed by atoms with Crippen LogP contribution in [0.1, 0.15) is 59.4 Å². The van der Waals surface area contributed by atoms with Gasteiger partial charge in [-0.15, -0.1) is 0 Å². The lowest BCUT2D eigenvalue weighted by Gasteiger charge is -2.31. The molecule has 0 aliphatic heterocycles. The Kier molecular flexibility index (Phi) is 7.29. The first-order chi connectivity index (χ1) is 9.43. The average Bonchev–Trinajstić information content (AvgIpc) is 2.39. The van der Waals surface area contributed by atoms with Crippen LogP contribution in [0.25, 0.3) is 0 Å². The molecule has 20 heavy (non-hydrogen) atoms. The zero-order valence-corrected chi connectivity index (χ0v) is 14.1. The zero-order valence-electron chi connectivity index (χ0n) is 14.1. The zero-order chi connectivity index (χ0) is 15.0. The van der Waals surface area contributed by atoms with Crippen LogP contribution in [0.15, 0.2) is 30.3 Å². The normalized spacial score (nSPS) is 15.1. The molecule has 0 saturated carbocycles. The van der Waals surface area contributed by atoms with Crippen LogP contribution in [0.3, 0.4) is 0 Å². The summed E-state index contributed by atoms with van der Waals surface area (Å²) in [6.45, 7) is 12.7. The second kappa shape index (κ2) is 8.46. The Morgan fingerprint density at radius 2 is 1.75 bits per heavy atom. The van der Waals surface area contributed by atoms with Gasteiger partial charge in [0.15, 0.2) is 0 Å². The predicted molar refractivity (Wildman–Crippen MR) is 90.1 cm³/mol. The highest BCUT2D eigenvalue weighted by Crippen LogP contribution is 2.29. The van der Waals surface area contributed by atoms with Crippen LogP contribution < -0.4 is 5.32 Å². The molecule has 1 N–H and O–H groups in total. The van der Waals surface area contributed by atoms with Crippen LogP contribution in [0.5, 0.6) is 0 Å². The van der Waals surface area contributed by atoms with Gasteiger partial charge in [-0.1, -0.05) is 65.0 Å². The van der Waals surface area contributed by atoms with E-state index in [0.29, 0.717) is 11.5 Å². The molecule has 0 spiro atoms. The minimum Gasteiger partial charge on any atom is -0.314 e.